The summed E-state index contributed by atoms with van der Waals surface area (Å²) in [6.45, 7) is 4.38. The average molecular weight is 797 g/mol. The lowest BCUT2D eigenvalue weighted by atomic mass is 9.95. The summed E-state index contributed by atoms with van der Waals surface area (Å²) in [7, 11) is 0. The number of aromatic nitrogens is 2. The number of hydrogen-bond donors (Lipinski definition) is 0. The Bertz CT molecular complexity index is 2820. The van der Waals surface area contributed by atoms with Crippen LogP contribution >= 0.6 is 0 Å². The Balaban J connectivity index is 0.958. The molecule has 4 nitrogen and oxygen atoms in total. The standard InChI is InChI=1S/C58H44N4/c1-41-39-51(61(47-17-7-3-8-18-47)48-19-9-4-10-20-48)35-37-53(41)43-27-31-45(32-28-43)57-58(60-56-26-16-15-25-55(56)59-57)46-33-29-44(30-34-46)54-38-36-52(40-42(54)2)62(49-21-11-5-12-22-49)50-23-13-6-14-24-50/h3-40H,1-2H3. The van der Waals surface area contributed by atoms with Crippen LogP contribution in [0.5, 0.6) is 0 Å². The highest BCUT2D eigenvalue weighted by Gasteiger charge is 2.18. The van der Waals surface area contributed by atoms with Crippen LogP contribution in [0.1, 0.15) is 11.1 Å². The topological polar surface area (TPSA) is 32.3 Å². The number of para-hydroxylation sites is 6. The molecule has 0 N–H and O–H groups in total. The van der Waals surface area contributed by atoms with Crippen LogP contribution in [0.3, 0.4) is 0 Å². The van der Waals surface area contributed by atoms with E-state index in [1.54, 1.807) is 0 Å². The molecular weight excluding hydrogens is 753 g/mol. The minimum atomic E-state index is 0.860. The average Bonchev–Trinajstić information content (AvgIpc) is 3.33. The van der Waals surface area contributed by atoms with E-state index in [1.165, 1.54) is 22.3 Å². The van der Waals surface area contributed by atoms with Crippen molar-refractivity contribution in [2.24, 2.45) is 0 Å². The van der Waals surface area contributed by atoms with Gasteiger partial charge in [0.2, 0.25) is 0 Å². The largest absolute Gasteiger partial charge is 0.310 e. The van der Waals surface area contributed by atoms with Gasteiger partial charge in [-0.15, -0.1) is 0 Å². The van der Waals surface area contributed by atoms with Crippen LogP contribution in [0.4, 0.5) is 34.1 Å². The molecule has 0 aliphatic rings. The number of rotatable bonds is 10. The van der Waals surface area contributed by atoms with Crippen molar-refractivity contribution in [3.63, 3.8) is 0 Å². The number of anilines is 6. The molecule has 62 heavy (non-hydrogen) atoms. The van der Waals surface area contributed by atoms with Gasteiger partial charge in [0.1, 0.15) is 0 Å². The summed E-state index contributed by atoms with van der Waals surface area (Å²) < 4.78 is 0. The summed E-state index contributed by atoms with van der Waals surface area (Å²) in [5.41, 5.74) is 19.3. The molecule has 0 spiro atoms. The summed E-state index contributed by atoms with van der Waals surface area (Å²) in [4.78, 5) is 15.1. The molecule has 296 valence electrons. The molecule has 0 radical (unpaired) electrons. The van der Waals surface area contributed by atoms with Gasteiger partial charge in [0.05, 0.1) is 22.4 Å². The number of fused-ring (bicyclic) bond motifs is 1. The van der Waals surface area contributed by atoms with Gasteiger partial charge in [-0.2, -0.15) is 0 Å². The predicted molar refractivity (Wildman–Crippen MR) is 260 cm³/mol. The molecule has 9 aromatic carbocycles. The third kappa shape index (κ3) is 7.62. The van der Waals surface area contributed by atoms with Gasteiger partial charge in [0.15, 0.2) is 0 Å². The van der Waals surface area contributed by atoms with Crippen LogP contribution < -0.4 is 9.80 Å². The molecule has 0 aliphatic heterocycles. The Morgan fingerprint density at radius 3 is 0.871 bits per heavy atom. The quantitative estimate of drug-likeness (QED) is 0.138. The first kappa shape index (κ1) is 38.1. The van der Waals surface area contributed by atoms with Gasteiger partial charge >= 0.3 is 0 Å². The minimum absolute atomic E-state index is 0.860. The number of nitrogens with zero attached hydrogens (tertiary/aromatic N) is 4. The lowest BCUT2D eigenvalue weighted by Crippen LogP contribution is -2.10. The Labute approximate surface area is 363 Å². The van der Waals surface area contributed by atoms with E-state index in [9.17, 15) is 0 Å². The molecule has 10 aromatic rings. The van der Waals surface area contributed by atoms with Gasteiger partial charge in [0.25, 0.3) is 0 Å². The van der Waals surface area contributed by atoms with E-state index in [4.69, 9.17) is 9.97 Å². The molecule has 0 saturated carbocycles. The van der Waals surface area contributed by atoms with E-state index < -0.39 is 0 Å². The molecule has 1 heterocycles. The van der Waals surface area contributed by atoms with E-state index >= 15 is 0 Å². The normalized spacial score (nSPS) is 11.1. The van der Waals surface area contributed by atoms with Crippen LogP contribution in [-0.2, 0) is 0 Å². The second-order valence-corrected chi connectivity index (χ2v) is 15.6. The van der Waals surface area contributed by atoms with Crippen LogP contribution in [0.25, 0.3) is 55.8 Å². The van der Waals surface area contributed by atoms with E-state index in [-0.39, 0.29) is 0 Å². The molecule has 0 saturated heterocycles. The molecule has 0 unspecified atom stereocenters. The first-order valence-corrected chi connectivity index (χ1v) is 21.1. The van der Waals surface area contributed by atoms with Crippen LogP contribution in [0, 0.1) is 13.8 Å². The minimum Gasteiger partial charge on any atom is -0.310 e. The molecule has 0 bridgehead atoms. The maximum atomic E-state index is 5.23. The van der Waals surface area contributed by atoms with Gasteiger partial charge in [0, 0.05) is 45.3 Å². The summed E-state index contributed by atoms with van der Waals surface area (Å²) in [6.07, 6.45) is 0. The lowest BCUT2D eigenvalue weighted by Gasteiger charge is -2.26. The van der Waals surface area contributed by atoms with E-state index in [0.717, 1.165) is 78.8 Å². The fourth-order valence-electron chi connectivity index (χ4n) is 8.44. The van der Waals surface area contributed by atoms with E-state index in [0.29, 0.717) is 0 Å². The lowest BCUT2D eigenvalue weighted by molar-refractivity contribution is 1.27. The van der Waals surface area contributed by atoms with Crippen molar-refractivity contribution < 1.29 is 0 Å². The third-order valence-corrected chi connectivity index (χ3v) is 11.5. The Kier molecular flexibility index (Phi) is 10.4. The van der Waals surface area contributed by atoms with Crippen molar-refractivity contribution in [3.8, 4) is 44.8 Å². The summed E-state index contributed by atoms with van der Waals surface area (Å²) in [5, 5.41) is 0. The van der Waals surface area contributed by atoms with Crippen LogP contribution in [0.2, 0.25) is 0 Å². The Morgan fingerprint density at radius 1 is 0.274 bits per heavy atom. The number of benzene rings is 9. The smallest absolute Gasteiger partial charge is 0.0973 e. The first-order chi connectivity index (χ1) is 30.6. The fraction of sp³-hybridized carbons (Fsp3) is 0.0345. The molecule has 0 aliphatic carbocycles. The van der Waals surface area contributed by atoms with Crippen molar-refractivity contribution >= 4 is 45.2 Å². The van der Waals surface area contributed by atoms with Crippen molar-refractivity contribution in [1.29, 1.82) is 0 Å². The SMILES string of the molecule is Cc1cc(N(c2ccccc2)c2ccccc2)ccc1-c1ccc(-c2nc3ccccc3nc2-c2ccc(-c3ccc(N(c4ccccc4)c4ccccc4)cc3C)cc2)cc1. The van der Waals surface area contributed by atoms with E-state index in [1.807, 2.05) is 24.3 Å². The van der Waals surface area contributed by atoms with Crippen LogP contribution in [-0.4, -0.2) is 9.97 Å². The second-order valence-electron chi connectivity index (χ2n) is 15.6. The first-order valence-electron chi connectivity index (χ1n) is 21.1. The molecule has 1 aromatic heterocycles. The Morgan fingerprint density at radius 2 is 0.565 bits per heavy atom. The molecule has 0 atom stereocenters. The fourth-order valence-corrected chi connectivity index (χ4v) is 8.44. The monoisotopic (exact) mass is 796 g/mol. The summed E-state index contributed by atoms with van der Waals surface area (Å²) in [5.74, 6) is 0. The molecule has 0 fully saturated rings. The van der Waals surface area contributed by atoms with Gasteiger partial charge < -0.3 is 9.80 Å². The molecular formula is C58H44N4. The summed E-state index contributed by atoms with van der Waals surface area (Å²) >= 11 is 0. The molecule has 0 amide bonds. The zero-order valence-electron chi connectivity index (χ0n) is 34.7. The van der Waals surface area contributed by atoms with Crippen molar-refractivity contribution in [3.05, 3.63) is 242 Å². The zero-order chi connectivity index (χ0) is 41.8. The molecule has 10 rings (SSSR count). The highest BCUT2D eigenvalue weighted by Crippen LogP contribution is 2.40. The summed E-state index contributed by atoms with van der Waals surface area (Å²) in [6, 6.07) is 81.2. The molecule has 4 heteroatoms. The van der Waals surface area contributed by atoms with E-state index in [2.05, 4.69) is 230 Å². The second kappa shape index (κ2) is 16.9. The van der Waals surface area contributed by atoms with Crippen molar-refractivity contribution in [2.45, 2.75) is 13.8 Å². The predicted octanol–water partition coefficient (Wildman–Crippen LogP) is 15.9. The maximum Gasteiger partial charge on any atom is 0.0973 e. The zero-order valence-corrected chi connectivity index (χ0v) is 34.7. The highest BCUT2D eigenvalue weighted by atomic mass is 15.1. The highest BCUT2D eigenvalue weighted by molar-refractivity contribution is 5.88. The van der Waals surface area contributed by atoms with Gasteiger partial charge in [-0.1, -0.05) is 146 Å². The maximum absolute atomic E-state index is 5.23. The van der Waals surface area contributed by atoms with Gasteiger partial charge in [-0.3, -0.25) is 0 Å². The van der Waals surface area contributed by atoms with Crippen molar-refractivity contribution in [1.82, 2.24) is 9.97 Å². The third-order valence-electron chi connectivity index (χ3n) is 11.5. The van der Waals surface area contributed by atoms with Gasteiger partial charge in [-0.25, -0.2) is 9.97 Å². The van der Waals surface area contributed by atoms with Gasteiger partial charge in [-0.05, 0) is 132 Å². The Hall–Kier alpha value is -8.08. The number of hydrogen-bond acceptors (Lipinski definition) is 4. The number of aryl methyl sites for hydroxylation is 2. The van der Waals surface area contributed by atoms with Crippen molar-refractivity contribution in [2.75, 3.05) is 9.80 Å². The van der Waals surface area contributed by atoms with Crippen LogP contribution in [0.15, 0.2) is 231 Å².